The first-order valence-corrected chi connectivity index (χ1v) is 12.5. The second-order valence-corrected chi connectivity index (χ2v) is 9.54. The van der Waals surface area contributed by atoms with Crippen molar-refractivity contribution in [3.8, 4) is 33.8 Å². The minimum absolute atomic E-state index is 0.0113. The number of rotatable bonds is 5. The Bertz CT molecular complexity index is 1800. The smallest absolute Gasteiger partial charge is 0.227 e. The molecule has 1 saturated carbocycles. The molecular formula is C28H22FN7O2. The summed E-state index contributed by atoms with van der Waals surface area (Å²) in [6.07, 6.45) is 12.1. The third-order valence-electron chi connectivity index (χ3n) is 7.14. The lowest BCUT2D eigenvalue weighted by atomic mass is 10.0. The molecule has 0 unspecified atom stereocenters. The molecule has 10 heteroatoms. The number of fused-ring (bicyclic) bond motifs is 2. The molecule has 1 aromatic carbocycles. The summed E-state index contributed by atoms with van der Waals surface area (Å²) in [7, 11) is 0. The zero-order chi connectivity index (χ0) is 25.6. The highest BCUT2D eigenvalue weighted by atomic mass is 19.1. The van der Waals surface area contributed by atoms with E-state index in [0.29, 0.717) is 44.9 Å². The van der Waals surface area contributed by atoms with Gasteiger partial charge in [-0.1, -0.05) is 12.8 Å². The number of aromatic nitrogens is 6. The van der Waals surface area contributed by atoms with Crippen LogP contribution in [0.1, 0.15) is 25.7 Å². The van der Waals surface area contributed by atoms with E-state index in [1.54, 1.807) is 43.2 Å². The number of benzene rings is 1. The monoisotopic (exact) mass is 507 g/mol. The first kappa shape index (κ1) is 22.3. The Morgan fingerprint density at radius 2 is 1.97 bits per heavy atom. The molecule has 0 aliphatic heterocycles. The average molecular weight is 508 g/mol. The van der Waals surface area contributed by atoms with Gasteiger partial charge in [0.05, 0.1) is 35.4 Å². The summed E-state index contributed by atoms with van der Waals surface area (Å²) >= 11 is 0. The second kappa shape index (κ2) is 8.91. The van der Waals surface area contributed by atoms with Crippen LogP contribution < -0.4 is 5.32 Å². The van der Waals surface area contributed by atoms with E-state index < -0.39 is 5.82 Å². The number of hydrogen-bond acceptors (Lipinski definition) is 6. The van der Waals surface area contributed by atoms with Gasteiger partial charge >= 0.3 is 0 Å². The molecule has 38 heavy (non-hydrogen) atoms. The van der Waals surface area contributed by atoms with Gasteiger partial charge < -0.3 is 14.7 Å². The zero-order valence-corrected chi connectivity index (χ0v) is 20.2. The SMILES string of the molecule is O=C(Nc1cncc(-c2cc3c(-c4nc5nccc(-c6ccoc6)c5[nH]4)n[nH]c3cc2F)c1)C1CCCC1. The van der Waals surface area contributed by atoms with Crippen LogP contribution >= 0.6 is 0 Å². The summed E-state index contributed by atoms with van der Waals surface area (Å²) in [5, 5.41) is 11.0. The molecule has 0 saturated heterocycles. The number of furan rings is 1. The van der Waals surface area contributed by atoms with E-state index in [1.165, 1.54) is 6.07 Å². The summed E-state index contributed by atoms with van der Waals surface area (Å²) < 4.78 is 20.5. The third-order valence-corrected chi connectivity index (χ3v) is 7.14. The van der Waals surface area contributed by atoms with Crippen molar-refractivity contribution in [3.63, 3.8) is 0 Å². The van der Waals surface area contributed by atoms with Crippen LogP contribution in [0.3, 0.4) is 0 Å². The van der Waals surface area contributed by atoms with Crippen molar-refractivity contribution in [1.29, 1.82) is 0 Å². The van der Waals surface area contributed by atoms with Gasteiger partial charge in [0.25, 0.3) is 0 Å². The van der Waals surface area contributed by atoms with Crippen LogP contribution in [0.25, 0.3) is 55.8 Å². The maximum Gasteiger partial charge on any atom is 0.227 e. The Balaban J connectivity index is 1.27. The number of carbonyl (C=O) groups excluding carboxylic acids is 1. The molecule has 7 rings (SSSR count). The van der Waals surface area contributed by atoms with Crippen molar-refractivity contribution in [1.82, 2.24) is 30.1 Å². The van der Waals surface area contributed by atoms with Gasteiger partial charge in [0.2, 0.25) is 5.91 Å². The van der Waals surface area contributed by atoms with Crippen LogP contribution in [-0.2, 0) is 4.79 Å². The van der Waals surface area contributed by atoms with Crippen molar-refractivity contribution < 1.29 is 13.6 Å². The van der Waals surface area contributed by atoms with Gasteiger partial charge in [0.15, 0.2) is 11.5 Å². The molecule has 5 aromatic heterocycles. The average Bonchev–Trinajstić information content (AvgIpc) is 3.73. The first-order valence-electron chi connectivity index (χ1n) is 12.5. The summed E-state index contributed by atoms with van der Waals surface area (Å²) in [4.78, 5) is 29.2. The third kappa shape index (κ3) is 3.81. The predicted molar refractivity (Wildman–Crippen MR) is 140 cm³/mol. The Kier molecular flexibility index (Phi) is 5.24. The number of aromatic amines is 2. The molecule has 0 radical (unpaired) electrons. The molecule has 9 nitrogen and oxygen atoms in total. The summed E-state index contributed by atoms with van der Waals surface area (Å²) in [6, 6.07) is 8.62. The van der Waals surface area contributed by atoms with Gasteiger partial charge in [-0.3, -0.25) is 14.9 Å². The van der Waals surface area contributed by atoms with Crippen molar-refractivity contribution in [2.45, 2.75) is 25.7 Å². The summed E-state index contributed by atoms with van der Waals surface area (Å²) in [6.45, 7) is 0. The van der Waals surface area contributed by atoms with E-state index in [-0.39, 0.29) is 11.8 Å². The number of carbonyl (C=O) groups is 1. The molecule has 6 aromatic rings. The molecule has 1 fully saturated rings. The number of hydrogen-bond donors (Lipinski definition) is 3. The number of pyridine rings is 2. The maximum absolute atomic E-state index is 15.2. The van der Waals surface area contributed by atoms with E-state index in [4.69, 9.17) is 4.42 Å². The van der Waals surface area contributed by atoms with Gasteiger partial charge in [-0.2, -0.15) is 5.10 Å². The molecular weight excluding hydrogens is 485 g/mol. The number of nitrogens with zero attached hydrogens (tertiary/aromatic N) is 4. The highest BCUT2D eigenvalue weighted by Gasteiger charge is 2.23. The van der Waals surface area contributed by atoms with E-state index in [1.807, 2.05) is 12.1 Å². The largest absolute Gasteiger partial charge is 0.472 e. The van der Waals surface area contributed by atoms with Gasteiger partial charge in [-0.05, 0) is 37.1 Å². The van der Waals surface area contributed by atoms with E-state index in [9.17, 15) is 4.79 Å². The highest BCUT2D eigenvalue weighted by Crippen LogP contribution is 2.34. The summed E-state index contributed by atoms with van der Waals surface area (Å²) in [5.74, 6) is 0.0839. The van der Waals surface area contributed by atoms with Crippen LogP contribution in [0.15, 0.2) is 65.9 Å². The fourth-order valence-electron chi connectivity index (χ4n) is 5.21. The van der Waals surface area contributed by atoms with Crippen molar-refractivity contribution >= 4 is 33.7 Å². The predicted octanol–water partition coefficient (Wildman–Crippen LogP) is 6.09. The van der Waals surface area contributed by atoms with Gasteiger partial charge in [-0.15, -0.1) is 0 Å². The minimum atomic E-state index is -0.428. The molecule has 1 aliphatic carbocycles. The lowest BCUT2D eigenvalue weighted by Crippen LogP contribution is -2.20. The molecule has 1 amide bonds. The molecule has 5 heterocycles. The number of H-pyrrole nitrogens is 2. The Morgan fingerprint density at radius 3 is 2.82 bits per heavy atom. The summed E-state index contributed by atoms with van der Waals surface area (Å²) in [5.41, 5.74) is 5.59. The zero-order valence-electron chi connectivity index (χ0n) is 20.2. The molecule has 1 aliphatic rings. The molecule has 0 atom stereocenters. The fraction of sp³-hybridized carbons (Fsp3) is 0.179. The van der Waals surface area contributed by atoms with E-state index >= 15 is 4.39 Å². The van der Waals surface area contributed by atoms with Gasteiger partial charge in [-0.25, -0.2) is 14.4 Å². The minimum Gasteiger partial charge on any atom is -0.472 e. The van der Waals surface area contributed by atoms with Crippen LogP contribution in [0.2, 0.25) is 0 Å². The van der Waals surface area contributed by atoms with Crippen LogP contribution in [0.4, 0.5) is 10.1 Å². The standard InChI is InChI=1S/C28H22FN7O2/c29-22-11-23-21(10-20(22)17-9-18(13-30-12-17)32-28(37)15-3-1-2-4-15)25(36-35-23)27-33-24-19(16-6-8-38-14-16)5-7-31-26(24)34-27/h5-15H,1-4H2,(H,32,37)(H,35,36)(H,31,33,34). The lowest BCUT2D eigenvalue weighted by molar-refractivity contribution is -0.119. The van der Waals surface area contributed by atoms with Gasteiger partial charge in [0, 0.05) is 52.0 Å². The van der Waals surface area contributed by atoms with E-state index in [2.05, 4.69) is 35.5 Å². The molecule has 188 valence electrons. The van der Waals surface area contributed by atoms with Crippen molar-refractivity contribution in [2.75, 3.05) is 5.32 Å². The van der Waals surface area contributed by atoms with E-state index in [0.717, 1.165) is 42.3 Å². The first-order chi connectivity index (χ1) is 18.6. The quantitative estimate of drug-likeness (QED) is 0.259. The normalized spacial score (nSPS) is 14.0. The second-order valence-electron chi connectivity index (χ2n) is 9.54. The van der Waals surface area contributed by atoms with Crippen LogP contribution in [0, 0.1) is 11.7 Å². The van der Waals surface area contributed by atoms with Crippen molar-refractivity contribution in [2.24, 2.45) is 5.92 Å². The van der Waals surface area contributed by atoms with Crippen molar-refractivity contribution in [3.05, 3.63) is 67.3 Å². The van der Waals surface area contributed by atoms with Gasteiger partial charge in [0.1, 0.15) is 11.5 Å². The topological polar surface area (TPSA) is 125 Å². The molecule has 0 spiro atoms. The maximum atomic E-state index is 15.2. The Labute approximate surface area is 215 Å². The molecule has 0 bridgehead atoms. The number of imidazole rings is 1. The highest BCUT2D eigenvalue weighted by molar-refractivity contribution is 5.98. The molecule has 3 N–H and O–H groups in total. The number of amides is 1. The Hall–Kier alpha value is -4.86. The fourth-order valence-corrected chi connectivity index (χ4v) is 5.21. The number of anilines is 1. The Morgan fingerprint density at radius 1 is 1.08 bits per heavy atom. The van der Waals surface area contributed by atoms with Crippen LogP contribution in [-0.4, -0.2) is 36.0 Å². The lowest BCUT2D eigenvalue weighted by Gasteiger charge is -2.11. The number of halogens is 1. The van der Waals surface area contributed by atoms with Crippen LogP contribution in [0.5, 0.6) is 0 Å². The number of nitrogens with one attached hydrogen (secondary N) is 3.